The van der Waals surface area contributed by atoms with E-state index in [1.165, 1.54) is 103 Å². The van der Waals surface area contributed by atoms with Gasteiger partial charge in [-0.15, -0.1) is 99.7 Å². The molecule has 0 rings (SSSR count). The van der Waals surface area contributed by atoms with E-state index in [9.17, 15) is 0 Å². The van der Waals surface area contributed by atoms with Crippen molar-refractivity contribution in [2.75, 3.05) is 0 Å². The predicted octanol–water partition coefficient (Wildman–Crippen LogP) is 14.7. The van der Waals surface area contributed by atoms with Gasteiger partial charge in [-0.1, -0.05) is 134 Å². The van der Waals surface area contributed by atoms with E-state index in [0.29, 0.717) is 18.1 Å². The molecule has 0 aliphatic heterocycles. The van der Waals surface area contributed by atoms with Gasteiger partial charge in [-0.3, -0.25) is 0 Å². The number of unbranched alkanes of at least 4 members (excludes halogenated alkanes) is 15. The molecule has 0 atom stereocenters. The molecular weight excluding hydrogens is 720 g/mol. The number of halogens is 9. The maximum Gasteiger partial charge on any atom is 0.341 e. The second kappa shape index (κ2) is 22.9. The zero-order valence-corrected chi connectivity index (χ0v) is 33.5. The fourth-order valence-electron chi connectivity index (χ4n) is 5.02. The van der Waals surface area contributed by atoms with Crippen LogP contribution in [0.5, 0.6) is 0 Å². The van der Waals surface area contributed by atoms with Crippen molar-refractivity contribution in [2.24, 2.45) is 0 Å². The molecule has 0 aromatic carbocycles. The topological polar surface area (TPSA) is 0 Å². The molecule has 0 N–H and O–H groups in total. The van der Waals surface area contributed by atoms with E-state index in [4.69, 9.17) is 99.7 Å². The molecule has 0 aliphatic rings. The van der Waals surface area contributed by atoms with Gasteiger partial charge < -0.3 is 0 Å². The van der Waals surface area contributed by atoms with Crippen LogP contribution in [-0.2, 0) is 0 Å². The maximum atomic E-state index is 6.28. The van der Waals surface area contributed by atoms with Crippen LogP contribution in [0.4, 0.5) is 0 Å². The quantitative estimate of drug-likeness (QED) is 0.0467. The summed E-state index contributed by atoms with van der Waals surface area (Å²) in [7, 11) is -1.89. The van der Waals surface area contributed by atoms with E-state index in [-0.39, 0.29) is 0 Å². The summed E-state index contributed by atoms with van der Waals surface area (Å²) in [6.07, 6.45) is 21.7. The largest absolute Gasteiger partial charge is 0.341 e. The Morgan fingerprint density at radius 1 is 0.297 bits per heavy atom. The Morgan fingerprint density at radius 3 is 0.784 bits per heavy atom. The van der Waals surface area contributed by atoms with Crippen molar-refractivity contribution in [2.45, 2.75) is 152 Å². The van der Waals surface area contributed by atoms with Crippen molar-refractivity contribution in [1.29, 1.82) is 0 Å². The molecular formula is C24H49Cl9Si4. The van der Waals surface area contributed by atoms with Crippen molar-refractivity contribution < 1.29 is 0 Å². The normalized spacial score (nSPS) is 13.5. The van der Waals surface area contributed by atoms with Gasteiger partial charge in [0.15, 0.2) is 0 Å². The third-order valence-corrected chi connectivity index (χ3v) is 21.8. The number of hydrogen-bond donors (Lipinski definition) is 0. The lowest BCUT2D eigenvalue weighted by molar-refractivity contribution is 0.531. The van der Waals surface area contributed by atoms with E-state index >= 15 is 0 Å². The fraction of sp³-hybridized carbons (Fsp3) is 1.00. The minimum absolute atomic E-state index is 0.644. The van der Waals surface area contributed by atoms with Crippen LogP contribution in [0, 0.1) is 0 Å². The standard InChI is InChI=1S/C24H49Cl9Si4/c1-2-3-4-5-6-7-8-9-10-11-12-13-14-15-16-17-18-34(19-22-35(25,26)27,20-23-36(28,29)30)21-24-37(31,32)33/h2-24H2,1H3. The minimum Gasteiger partial charge on any atom is -0.126 e. The maximum absolute atomic E-state index is 6.28. The van der Waals surface area contributed by atoms with Crippen molar-refractivity contribution in [1.82, 2.24) is 0 Å². The van der Waals surface area contributed by atoms with E-state index < -0.39 is 26.1 Å². The van der Waals surface area contributed by atoms with Gasteiger partial charge in [-0.25, -0.2) is 0 Å². The monoisotopic (exact) mass is 764 g/mol. The van der Waals surface area contributed by atoms with Crippen LogP contribution >= 0.6 is 99.7 Å². The summed E-state index contributed by atoms with van der Waals surface area (Å²) in [6, 6.07) is -2.33. The van der Waals surface area contributed by atoms with Crippen molar-refractivity contribution in [3.63, 3.8) is 0 Å². The van der Waals surface area contributed by atoms with Gasteiger partial charge in [0.25, 0.3) is 0 Å². The van der Waals surface area contributed by atoms with E-state index in [1.54, 1.807) is 0 Å². The van der Waals surface area contributed by atoms with E-state index in [1.807, 2.05) is 0 Å². The first-order valence-corrected chi connectivity index (χ1v) is 32.9. The molecule has 0 unspecified atom stereocenters. The lowest BCUT2D eigenvalue weighted by atomic mass is 10.0. The summed E-state index contributed by atoms with van der Waals surface area (Å²) in [5.41, 5.74) is 0. The molecule has 0 radical (unpaired) electrons. The Bertz CT molecular complexity index is 492. The first-order chi connectivity index (χ1) is 17.2. The zero-order valence-electron chi connectivity index (χ0n) is 22.7. The highest BCUT2D eigenvalue weighted by atomic mass is 35.9. The third kappa shape index (κ3) is 29.3. The van der Waals surface area contributed by atoms with Crippen molar-refractivity contribution >= 4 is 126 Å². The highest BCUT2D eigenvalue weighted by molar-refractivity contribution is 7.66. The van der Waals surface area contributed by atoms with Crippen molar-refractivity contribution in [3.8, 4) is 0 Å². The van der Waals surface area contributed by atoms with Crippen LogP contribution in [0.15, 0.2) is 0 Å². The molecule has 0 amide bonds. The van der Waals surface area contributed by atoms with Crippen LogP contribution in [-0.4, -0.2) is 26.1 Å². The smallest absolute Gasteiger partial charge is 0.126 e. The van der Waals surface area contributed by atoms with Crippen LogP contribution in [0.3, 0.4) is 0 Å². The zero-order chi connectivity index (χ0) is 28.3. The van der Waals surface area contributed by atoms with Crippen molar-refractivity contribution in [3.05, 3.63) is 0 Å². The molecule has 0 saturated heterocycles. The SMILES string of the molecule is CCCCCCCCCCCCCCCCCC[Si](CC[Si](Cl)(Cl)Cl)(CC[Si](Cl)(Cl)Cl)CC[Si](Cl)(Cl)Cl. The Balaban J connectivity index is 4.34. The molecule has 0 aromatic rings. The molecule has 0 aromatic heterocycles. The second-order valence-corrected chi connectivity index (χ2v) is 43.7. The van der Waals surface area contributed by atoms with Crippen LogP contribution in [0.25, 0.3) is 0 Å². The van der Waals surface area contributed by atoms with Gasteiger partial charge in [-0.05, 0) is 18.1 Å². The second-order valence-electron chi connectivity index (χ2n) is 10.9. The Labute approximate surface area is 275 Å². The summed E-state index contributed by atoms with van der Waals surface area (Å²) in [4.78, 5) is 0. The van der Waals surface area contributed by atoms with Gasteiger partial charge in [0.1, 0.15) is 0 Å². The molecule has 0 fully saturated rings. The molecule has 37 heavy (non-hydrogen) atoms. The predicted molar refractivity (Wildman–Crippen MR) is 189 cm³/mol. The molecule has 0 heterocycles. The average molecular weight is 769 g/mol. The van der Waals surface area contributed by atoms with Gasteiger partial charge in [0.2, 0.25) is 0 Å². The molecule has 0 aliphatic carbocycles. The van der Waals surface area contributed by atoms with Gasteiger partial charge >= 0.3 is 18.0 Å². The molecule has 13 heteroatoms. The van der Waals surface area contributed by atoms with E-state index in [0.717, 1.165) is 24.2 Å². The molecule has 0 nitrogen and oxygen atoms in total. The summed E-state index contributed by atoms with van der Waals surface area (Å²) in [5, 5.41) is 0. The van der Waals surface area contributed by atoms with Gasteiger partial charge in [-0.2, -0.15) is 0 Å². The third-order valence-electron chi connectivity index (χ3n) is 7.38. The van der Waals surface area contributed by atoms with E-state index in [2.05, 4.69) is 6.92 Å². The van der Waals surface area contributed by atoms with Crippen LogP contribution < -0.4 is 0 Å². The average Bonchev–Trinajstić information content (AvgIpc) is 2.78. The van der Waals surface area contributed by atoms with Gasteiger partial charge in [0.05, 0.1) is 8.07 Å². The molecule has 0 spiro atoms. The lowest BCUT2D eigenvalue weighted by Crippen LogP contribution is -2.38. The Hall–Kier alpha value is 3.48. The number of rotatable bonds is 26. The summed E-state index contributed by atoms with van der Waals surface area (Å²) < 4.78 is 0. The highest BCUT2D eigenvalue weighted by Gasteiger charge is 2.41. The summed E-state index contributed by atoms with van der Waals surface area (Å²) in [6.45, 7) is 2.28. The Kier molecular flexibility index (Phi) is 25.1. The summed E-state index contributed by atoms with van der Waals surface area (Å²) in [5.74, 6) is 0. The first-order valence-electron chi connectivity index (χ1n) is 14.4. The Morgan fingerprint density at radius 2 is 0.541 bits per heavy atom. The van der Waals surface area contributed by atoms with Crippen LogP contribution in [0.2, 0.25) is 42.3 Å². The molecule has 0 saturated carbocycles. The fourth-order valence-corrected chi connectivity index (χ4v) is 24.9. The molecule has 224 valence electrons. The minimum atomic E-state index is -2.73. The highest BCUT2D eigenvalue weighted by Crippen LogP contribution is 2.43. The number of hydrogen-bond acceptors (Lipinski definition) is 0. The lowest BCUT2D eigenvalue weighted by Gasteiger charge is -2.34. The molecule has 0 bridgehead atoms. The summed E-state index contributed by atoms with van der Waals surface area (Å²) >= 11 is 56.5. The first kappa shape index (κ1) is 40.5. The van der Waals surface area contributed by atoms with Crippen LogP contribution in [0.1, 0.15) is 110 Å². The van der Waals surface area contributed by atoms with Gasteiger partial charge in [0, 0.05) is 0 Å².